The van der Waals surface area contributed by atoms with Gasteiger partial charge < -0.3 is 16.0 Å². The van der Waals surface area contributed by atoms with E-state index >= 15 is 0 Å². The largest absolute Gasteiger partial charge is 0.369 e. The van der Waals surface area contributed by atoms with E-state index in [0.29, 0.717) is 13.1 Å². The average Bonchev–Trinajstić information content (AvgIpc) is 2.39. The van der Waals surface area contributed by atoms with Gasteiger partial charge in [0.15, 0.2) is 0 Å². The molecular weight excluding hydrogens is 254 g/mol. The first-order valence-electron chi connectivity index (χ1n) is 6.47. The number of nitrogens with two attached hydrogens (primary N) is 1. The topological polar surface area (TPSA) is 75.4 Å². The summed E-state index contributed by atoms with van der Waals surface area (Å²) in [5, 5.41) is 3.26. The van der Waals surface area contributed by atoms with Crippen LogP contribution >= 0.6 is 12.4 Å². The molecule has 0 saturated carbocycles. The molecule has 0 atom stereocenters. The lowest BCUT2D eigenvalue weighted by Crippen LogP contribution is -2.46. The first-order valence-corrected chi connectivity index (χ1v) is 6.47. The zero-order chi connectivity index (χ0) is 12.3. The van der Waals surface area contributed by atoms with E-state index in [-0.39, 0.29) is 36.1 Å². The summed E-state index contributed by atoms with van der Waals surface area (Å²) in [5.41, 5.74) is 5.28. The molecule has 2 aliphatic rings. The second-order valence-corrected chi connectivity index (χ2v) is 5.03. The zero-order valence-electron chi connectivity index (χ0n) is 10.6. The number of halogens is 1. The number of primary amides is 1. The van der Waals surface area contributed by atoms with Gasteiger partial charge >= 0.3 is 0 Å². The lowest BCUT2D eigenvalue weighted by atomic mass is 9.92. The van der Waals surface area contributed by atoms with Crippen molar-refractivity contribution < 1.29 is 9.59 Å². The summed E-state index contributed by atoms with van der Waals surface area (Å²) in [5.74, 6) is 0.196. The lowest BCUT2D eigenvalue weighted by molar-refractivity contribution is -0.139. The van der Waals surface area contributed by atoms with Crippen molar-refractivity contribution in [3.05, 3.63) is 0 Å². The summed E-state index contributed by atoms with van der Waals surface area (Å²) < 4.78 is 0. The minimum absolute atomic E-state index is 0. The molecule has 2 heterocycles. The standard InChI is InChI=1S/C12H21N3O2.ClH/c13-11(16)9-3-7-15(8-4-9)12(17)10-1-5-14-6-2-10;/h9-10,14H,1-8H2,(H2,13,16);1H. The molecule has 0 spiro atoms. The highest BCUT2D eigenvalue weighted by molar-refractivity contribution is 5.85. The first-order chi connectivity index (χ1) is 8.18. The van der Waals surface area contributed by atoms with Crippen LogP contribution in [0, 0.1) is 11.8 Å². The van der Waals surface area contributed by atoms with Crippen LogP contribution in [-0.4, -0.2) is 42.9 Å². The Balaban J connectivity index is 0.00000162. The fraction of sp³-hybridized carbons (Fsp3) is 0.833. The second kappa shape index (κ2) is 6.95. The Bertz CT molecular complexity index is 298. The van der Waals surface area contributed by atoms with E-state index in [1.165, 1.54) is 0 Å². The molecule has 104 valence electrons. The van der Waals surface area contributed by atoms with E-state index in [2.05, 4.69) is 5.32 Å². The summed E-state index contributed by atoms with van der Waals surface area (Å²) in [7, 11) is 0. The average molecular weight is 276 g/mol. The quantitative estimate of drug-likeness (QED) is 0.752. The molecular formula is C12H22ClN3O2. The number of likely N-dealkylation sites (tertiary alicyclic amines) is 1. The molecule has 6 heteroatoms. The highest BCUT2D eigenvalue weighted by atomic mass is 35.5. The number of amides is 2. The fourth-order valence-electron chi connectivity index (χ4n) is 2.71. The maximum Gasteiger partial charge on any atom is 0.225 e. The van der Waals surface area contributed by atoms with Crippen LogP contribution in [0.4, 0.5) is 0 Å². The van der Waals surface area contributed by atoms with Gasteiger partial charge in [0.2, 0.25) is 11.8 Å². The summed E-state index contributed by atoms with van der Waals surface area (Å²) >= 11 is 0. The molecule has 0 radical (unpaired) electrons. The lowest BCUT2D eigenvalue weighted by Gasteiger charge is -2.34. The normalized spacial score (nSPS) is 22.3. The van der Waals surface area contributed by atoms with Gasteiger partial charge in [-0.3, -0.25) is 9.59 Å². The Morgan fingerprint density at radius 1 is 1.00 bits per heavy atom. The molecule has 0 bridgehead atoms. The van der Waals surface area contributed by atoms with Gasteiger partial charge in [0.1, 0.15) is 0 Å². The summed E-state index contributed by atoms with van der Waals surface area (Å²) in [6.45, 7) is 3.26. The maximum atomic E-state index is 12.2. The van der Waals surface area contributed by atoms with Crippen molar-refractivity contribution in [3.8, 4) is 0 Å². The number of hydrogen-bond donors (Lipinski definition) is 2. The van der Waals surface area contributed by atoms with Crippen molar-refractivity contribution in [2.45, 2.75) is 25.7 Å². The molecule has 2 fully saturated rings. The molecule has 5 nitrogen and oxygen atoms in total. The van der Waals surface area contributed by atoms with E-state index in [1.807, 2.05) is 4.90 Å². The maximum absolute atomic E-state index is 12.2. The Kier molecular flexibility index (Phi) is 5.88. The number of nitrogens with zero attached hydrogens (tertiary/aromatic N) is 1. The second-order valence-electron chi connectivity index (χ2n) is 5.03. The van der Waals surface area contributed by atoms with Crippen molar-refractivity contribution in [3.63, 3.8) is 0 Å². The van der Waals surface area contributed by atoms with Crippen LogP contribution < -0.4 is 11.1 Å². The number of carbonyl (C=O) groups excluding carboxylic acids is 2. The van der Waals surface area contributed by atoms with Crippen LogP contribution in [0.1, 0.15) is 25.7 Å². The van der Waals surface area contributed by atoms with Crippen LogP contribution in [0.15, 0.2) is 0 Å². The minimum Gasteiger partial charge on any atom is -0.369 e. The van der Waals surface area contributed by atoms with Crippen LogP contribution in [0.3, 0.4) is 0 Å². The van der Waals surface area contributed by atoms with Gasteiger partial charge in [-0.1, -0.05) is 0 Å². The number of rotatable bonds is 2. The number of nitrogens with one attached hydrogen (secondary N) is 1. The molecule has 0 aliphatic carbocycles. The highest BCUT2D eigenvalue weighted by Gasteiger charge is 2.30. The van der Waals surface area contributed by atoms with Gasteiger partial charge in [-0.05, 0) is 38.8 Å². The van der Waals surface area contributed by atoms with Crippen LogP contribution in [0.2, 0.25) is 0 Å². The Hall–Kier alpha value is -0.810. The molecule has 2 rings (SSSR count). The Labute approximate surface area is 114 Å². The van der Waals surface area contributed by atoms with Gasteiger partial charge in [0.05, 0.1) is 0 Å². The van der Waals surface area contributed by atoms with Gasteiger partial charge in [-0.2, -0.15) is 0 Å². The molecule has 2 saturated heterocycles. The summed E-state index contributed by atoms with van der Waals surface area (Å²) in [4.78, 5) is 25.2. The number of hydrogen-bond acceptors (Lipinski definition) is 3. The smallest absolute Gasteiger partial charge is 0.225 e. The third-order valence-corrected chi connectivity index (χ3v) is 3.90. The Morgan fingerprint density at radius 3 is 2.06 bits per heavy atom. The van der Waals surface area contributed by atoms with E-state index in [4.69, 9.17) is 5.73 Å². The SMILES string of the molecule is Cl.NC(=O)C1CCN(C(=O)C2CCNCC2)CC1. The predicted molar refractivity (Wildman–Crippen MR) is 71.3 cm³/mol. The first kappa shape index (κ1) is 15.2. The van der Waals surface area contributed by atoms with Crippen molar-refractivity contribution in [2.24, 2.45) is 17.6 Å². The molecule has 3 N–H and O–H groups in total. The molecule has 2 amide bonds. The monoisotopic (exact) mass is 275 g/mol. The molecule has 2 aliphatic heterocycles. The van der Waals surface area contributed by atoms with Gasteiger partial charge in [0, 0.05) is 24.9 Å². The molecule has 0 unspecified atom stereocenters. The predicted octanol–water partition coefficient (Wildman–Crippen LogP) is 0.132. The molecule has 0 aromatic rings. The van der Waals surface area contributed by atoms with Crippen LogP contribution in [0.5, 0.6) is 0 Å². The van der Waals surface area contributed by atoms with Crippen LogP contribution in [-0.2, 0) is 9.59 Å². The van der Waals surface area contributed by atoms with Gasteiger partial charge in [-0.25, -0.2) is 0 Å². The number of piperidine rings is 2. The van der Waals surface area contributed by atoms with Gasteiger partial charge in [-0.15, -0.1) is 12.4 Å². The van der Waals surface area contributed by atoms with E-state index < -0.39 is 0 Å². The van der Waals surface area contributed by atoms with E-state index in [1.54, 1.807) is 0 Å². The minimum atomic E-state index is -0.223. The zero-order valence-corrected chi connectivity index (χ0v) is 11.4. The van der Waals surface area contributed by atoms with E-state index in [9.17, 15) is 9.59 Å². The fourth-order valence-corrected chi connectivity index (χ4v) is 2.71. The molecule has 0 aromatic heterocycles. The third-order valence-electron chi connectivity index (χ3n) is 3.90. The van der Waals surface area contributed by atoms with Crippen molar-refractivity contribution in [1.82, 2.24) is 10.2 Å². The van der Waals surface area contributed by atoms with Crippen LogP contribution in [0.25, 0.3) is 0 Å². The van der Waals surface area contributed by atoms with Crippen molar-refractivity contribution in [2.75, 3.05) is 26.2 Å². The highest BCUT2D eigenvalue weighted by Crippen LogP contribution is 2.21. The summed E-state index contributed by atoms with van der Waals surface area (Å²) in [6.07, 6.45) is 3.33. The Morgan fingerprint density at radius 2 is 1.56 bits per heavy atom. The molecule has 18 heavy (non-hydrogen) atoms. The van der Waals surface area contributed by atoms with E-state index in [0.717, 1.165) is 38.8 Å². The van der Waals surface area contributed by atoms with Crippen molar-refractivity contribution in [1.29, 1.82) is 0 Å². The van der Waals surface area contributed by atoms with Gasteiger partial charge in [0.25, 0.3) is 0 Å². The number of carbonyl (C=O) groups is 2. The third kappa shape index (κ3) is 3.59. The molecule has 0 aromatic carbocycles. The summed E-state index contributed by atoms with van der Waals surface area (Å²) in [6, 6.07) is 0. The van der Waals surface area contributed by atoms with Crippen molar-refractivity contribution >= 4 is 24.2 Å².